The summed E-state index contributed by atoms with van der Waals surface area (Å²) >= 11 is 6.08. The van der Waals surface area contributed by atoms with Crippen molar-refractivity contribution in [3.63, 3.8) is 0 Å². The van der Waals surface area contributed by atoms with Gasteiger partial charge in [-0.3, -0.25) is 0 Å². The number of benzene rings is 1. The summed E-state index contributed by atoms with van der Waals surface area (Å²) in [5.41, 5.74) is 1.85. The number of nitrogens with zero attached hydrogens (tertiary/aromatic N) is 1. The third-order valence-electron chi connectivity index (χ3n) is 2.60. The lowest BCUT2D eigenvalue weighted by molar-refractivity contribution is 0.218. The van der Waals surface area contributed by atoms with Crippen LogP contribution in [0, 0.1) is 0 Å². The second-order valence-electron chi connectivity index (χ2n) is 4.60. The SMILES string of the molecule is CN(C)c1cc(C(C)(C)CO)ccc1Cl. The van der Waals surface area contributed by atoms with E-state index in [0.29, 0.717) is 0 Å². The molecule has 0 aliphatic rings. The van der Waals surface area contributed by atoms with Gasteiger partial charge in [-0.15, -0.1) is 0 Å². The van der Waals surface area contributed by atoms with Crippen LogP contribution in [-0.4, -0.2) is 25.8 Å². The molecule has 2 nitrogen and oxygen atoms in total. The van der Waals surface area contributed by atoms with E-state index < -0.39 is 0 Å². The zero-order valence-corrected chi connectivity index (χ0v) is 10.5. The molecule has 15 heavy (non-hydrogen) atoms. The Bertz CT molecular complexity index is 347. The molecule has 1 N–H and O–H groups in total. The molecule has 0 saturated carbocycles. The van der Waals surface area contributed by atoms with Gasteiger partial charge in [0.1, 0.15) is 0 Å². The number of anilines is 1. The first-order valence-corrected chi connectivity index (χ1v) is 5.34. The molecule has 0 atom stereocenters. The molecule has 0 spiro atoms. The van der Waals surface area contributed by atoms with Crippen molar-refractivity contribution in [1.82, 2.24) is 0 Å². The molecule has 84 valence electrons. The molecule has 0 fully saturated rings. The summed E-state index contributed by atoms with van der Waals surface area (Å²) in [6.45, 7) is 4.15. The standard InChI is InChI=1S/C12H18ClNO/c1-12(2,8-15)9-5-6-10(13)11(7-9)14(3)4/h5-7,15H,8H2,1-4H3. The van der Waals surface area contributed by atoms with Crippen molar-refractivity contribution in [3.8, 4) is 0 Å². The highest BCUT2D eigenvalue weighted by Crippen LogP contribution is 2.31. The van der Waals surface area contributed by atoms with Gasteiger partial charge in [0.15, 0.2) is 0 Å². The number of aliphatic hydroxyl groups excluding tert-OH is 1. The minimum Gasteiger partial charge on any atom is -0.395 e. The van der Waals surface area contributed by atoms with Crippen LogP contribution in [0.2, 0.25) is 5.02 Å². The van der Waals surface area contributed by atoms with Crippen LogP contribution in [0.15, 0.2) is 18.2 Å². The highest BCUT2D eigenvalue weighted by atomic mass is 35.5. The predicted octanol–water partition coefficient (Wildman–Crippen LogP) is 2.68. The molecular formula is C12H18ClNO. The van der Waals surface area contributed by atoms with Gasteiger partial charge in [0, 0.05) is 19.5 Å². The number of halogens is 1. The van der Waals surface area contributed by atoms with Gasteiger partial charge in [-0.05, 0) is 17.7 Å². The van der Waals surface area contributed by atoms with Crippen LogP contribution >= 0.6 is 11.6 Å². The van der Waals surface area contributed by atoms with E-state index in [0.717, 1.165) is 16.3 Å². The van der Waals surface area contributed by atoms with Crippen LogP contribution in [0.4, 0.5) is 5.69 Å². The minimum atomic E-state index is -0.227. The third-order valence-corrected chi connectivity index (χ3v) is 2.92. The van der Waals surface area contributed by atoms with Gasteiger partial charge in [-0.1, -0.05) is 31.5 Å². The van der Waals surface area contributed by atoms with E-state index in [2.05, 4.69) is 0 Å². The topological polar surface area (TPSA) is 23.5 Å². The molecule has 0 bridgehead atoms. The number of rotatable bonds is 3. The van der Waals surface area contributed by atoms with E-state index in [4.69, 9.17) is 11.6 Å². The lowest BCUT2D eigenvalue weighted by atomic mass is 9.85. The highest BCUT2D eigenvalue weighted by Gasteiger charge is 2.20. The van der Waals surface area contributed by atoms with Gasteiger partial charge in [-0.25, -0.2) is 0 Å². The molecular weight excluding hydrogens is 210 g/mol. The summed E-state index contributed by atoms with van der Waals surface area (Å²) in [6.07, 6.45) is 0. The summed E-state index contributed by atoms with van der Waals surface area (Å²) in [7, 11) is 3.91. The Morgan fingerprint density at radius 1 is 1.33 bits per heavy atom. The summed E-state index contributed by atoms with van der Waals surface area (Å²) in [5.74, 6) is 0. The maximum atomic E-state index is 9.30. The first kappa shape index (κ1) is 12.3. The molecule has 0 aliphatic heterocycles. The Hall–Kier alpha value is -0.730. The fourth-order valence-corrected chi connectivity index (χ4v) is 1.65. The van der Waals surface area contributed by atoms with Crippen LogP contribution in [0.1, 0.15) is 19.4 Å². The van der Waals surface area contributed by atoms with Crippen molar-refractivity contribution >= 4 is 17.3 Å². The predicted molar refractivity (Wildman–Crippen MR) is 65.9 cm³/mol. The quantitative estimate of drug-likeness (QED) is 0.859. The summed E-state index contributed by atoms with van der Waals surface area (Å²) in [6, 6.07) is 5.87. The van der Waals surface area contributed by atoms with Gasteiger partial charge in [-0.2, -0.15) is 0 Å². The average molecular weight is 228 g/mol. The zero-order valence-electron chi connectivity index (χ0n) is 9.71. The molecule has 0 aliphatic carbocycles. The van der Waals surface area contributed by atoms with Crippen molar-refractivity contribution in [3.05, 3.63) is 28.8 Å². The average Bonchev–Trinajstić information content (AvgIpc) is 2.17. The highest BCUT2D eigenvalue weighted by molar-refractivity contribution is 6.33. The van der Waals surface area contributed by atoms with E-state index in [-0.39, 0.29) is 12.0 Å². The Kier molecular flexibility index (Phi) is 3.63. The lowest BCUT2D eigenvalue weighted by Crippen LogP contribution is -2.22. The van der Waals surface area contributed by atoms with Crippen LogP contribution in [0.5, 0.6) is 0 Å². The Morgan fingerprint density at radius 2 is 1.93 bits per heavy atom. The first-order valence-electron chi connectivity index (χ1n) is 4.96. The summed E-state index contributed by atoms with van der Waals surface area (Å²) < 4.78 is 0. The van der Waals surface area contributed by atoms with E-state index in [1.807, 2.05) is 51.0 Å². The fraction of sp³-hybridized carbons (Fsp3) is 0.500. The molecule has 1 aromatic rings. The monoisotopic (exact) mass is 227 g/mol. The normalized spacial score (nSPS) is 11.6. The molecule has 0 radical (unpaired) electrons. The molecule has 0 saturated heterocycles. The smallest absolute Gasteiger partial charge is 0.0639 e. The van der Waals surface area contributed by atoms with Gasteiger partial charge in [0.2, 0.25) is 0 Å². The Labute approximate surface area is 96.5 Å². The Balaban J connectivity index is 3.19. The van der Waals surface area contributed by atoms with E-state index in [1.54, 1.807) is 0 Å². The molecule has 1 aromatic carbocycles. The number of hydrogen-bond donors (Lipinski definition) is 1. The van der Waals surface area contributed by atoms with Crippen molar-refractivity contribution in [2.45, 2.75) is 19.3 Å². The van der Waals surface area contributed by atoms with Crippen LogP contribution in [0.3, 0.4) is 0 Å². The second-order valence-corrected chi connectivity index (χ2v) is 5.01. The lowest BCUT2D eigenvalue weighted by Gasteiger charge is -2.25. The molecule has 0 heterocycles. The van der Waals surface area contributed by atoms with Crippen molar-refractivity contribution in [1.29, 1.82) is 0 Å². The van der Waals surface area contributed by atoms with E-state index in [1.165, 1.54) is 0 Å². The summed E-state index contributed by atoms with van der Waals surface area (Å²) in [4.78, 5) is 1.97. The van der Waals surface area contributed by atoms with Crippen molar-refractivity contribution < 1.29 is 5.11 Å². The second kappa shape index (κ2) is 4.42. The van der Waals surface area contributed by atoms with Crippen molar-refractivity contribution in [2.75, 3.05) is 25.6 Å². The third kappa shape index (κ3) is 2.64. The van der Waals surface area contributed by atoms with Crippen LogP contribution in [0.25, 0.3) is 0 Å². The number of hydrogen-bond acceptors (Lipinski definition) is 2. The molecule has 3 heteroatoms. The fourth-order valence-electron chi connectivity index (χ4n) is 1.37. The van der Waals surface area contributed by atoms with E-state index in [9.17, 15) is 5.11 Å². The molecule has 0 aromatic heterocycles. The Morgan fingerprint density at radius 3 is 2.40 bits per heavy atom. The van der Waals surface area contributed by atoms with E-state index >= 15 is 0 Å². The maximum Gasteiger partial charge on any atom is 0.0639 e. The van der Waals surface area contributed by atoms with Crippen molar-refractivity contribution in [2.24, 2.45) is 0 Å². The minimum absolute atomic E-state index is 0.126. The molecule has 1 rings (SSSR count). The van der Waals surface area contributed by atoms with Crippen LogP contribution < -0.4 is 4.90 Å². The molecule has 0 amide bonds. The summed E-state index contributed by atoms with van der Waals surface area (Å²) in [5, 5.41) is 10.0. The van der Waals surface area contributed by atoms with Gasteiger partial charge < -0.3 is 10.0 Å². The first-order chi connectivity index (χ1) is 6.88. The number of aliphatic hydroxyl groups is 1. The largest absolute Gasteiger partial charge is 0.395 e. The molecule has 0 unspecified atom stereocenters. The van der Waals surface area contributed by atoms with Crippen LogP contribution in [-0.2, 0) is 5.41 Å². The van der Waals surface area contributed by atoms with Gasteiger partial charge in [0.05, 0.1) is 17.3 Å². The van der Waals surface area contributed by atoms with Gasteiger partial charge in [0.25, 0.3) is 0 Å². The van der Waals surface area contributed by atoms with Gasteiger partial charge >= 0.3 is 0 Å². The maximum absolute atomic E-state index is 9.30. The zero-order chi connectivity index (χ0) is 11.6.